The van der Waals surface area contributed by atoms with Crippen molar-refractivity contribution in [2.75, 3.05) is 13.1 Å². The van der Waals surface area contributed by atoms with Crippen LogP contribution in [0.3, 0.4) is 0 Å². The van der Waals surface area contributed by atoms with Gasteiger partial charge in [0.05, 0.1) is 10.6 Å². The maximum Gasteiger partial charge on any atom is 0.255 e. The van der Waals surface area contributed by atoms with Gasteiger partial charge in [-0.2, -0.15) is 0 Å². The lowest BCUT2D eigenvalue weighted by Crippen LogP contribution is -2.40. The molecule has 2 N–H and O–H groups in total. The molecule has 1 aliphatic heterocycles. The van der Waals surface area contributed by atoms with Crippen LogP contribution >= 0.6 is 11.6 Å². The highest BCUT2D eigenvalue weighted by Crippen LogP contribution is 2.25. The zero-order chi connectivity index (χ0) is 13.3. The molecule has 1 aromatic rings. The molecule has 1 unspecified atom stereocenters. The number of aryl methyl sites for hydroxylation is 1. The van der Waals surface area contributed by atoms with Crippen molar-refractivity contribution in [2.24, 2.45) is 5.73 Å². The number of likely N-dealkylation sites (tertiary alicyclic amines) is 1. The van der Waals surface area contributed by atoms with Gasteiger partial charge >= 0.3 is 0 Å². The minimum Gasteiger partial charge on any atom is -0.334 e. The van der Waals surface area contributed by atoms with Crippen LogP contribution in [-0.2, 0) is 0 Å². The van der Waals surface area contributed by atoms with Crippen LogP contribution in [0, 0.1) is 12.7 Å². The lowest BCUT2D eigenvalue weighted by atomic mass is 10.1. The fraction of sp³-hybridized carbons (Fsp3) is 0.462. The van der Waals surface area contributed by atoms with Gasteiger partial charge in [0.1, 0.15) is 5.82 Å². The monoisotopic (exact) mass is 270 g/mol. The third kappa shape index (κ3) is 2.35. The molecule has 1 heterocycles. The molecule has 1 amide bonds. The number of nitrogens with two attached hydrogens (primary N) is 1. The van der Waals surface area contributed by atoms with Crippen molar-refractivity contribution in [3.8, 4) is 0 Å². The summed E-state index contributed by atoms with van der Waals surface area (Å²) in [5.74, 6) is -0.641. The zero-order valence-corrected chi connectivity index (χ0v) is 11.0. The Morgan fingerprint density at radius 1 is 1.61 bits per heavy atom. The van der Waals surface area contributed by atoms with Crippen LogP contribution in [0.4, 0.5) is 4.39 Å². The molecule has 3 nitrogen and oxygen atoms in total. The third-order valence-corrected chi connectivity index (χ3v) is 3.70. The second kappa shape index (κ2) is 5.24. The number of hydrogen-bond acceptors (Lipinski definition) is 2. The summed E-state index contributed by atoms with van der Waals surface area (Å²) in [6, 6.07) is 2.74. The van der Waals surface area contributed by atoms with Gasteiger partial charge in [-0.15, -0.1) is 0 Å². The van der Waals surface area contributed by atoms with Gasteiger partial charge in [0.2, 0.25) is 0 Å². The topological polar surface area (TPSA) is 46.3 Å². The Kier molecular flexibility index (Phi) is 3.88. The molecule has 0 bridgehead atoms. The zero-order valence-electron chi connectivity index (χ0n) is 10.2. The van der Waals surface area contributed by atoms with E-state index in [1.165, 1.54) is 12.1 Å². The van der Waals surface area contributed by atoms with E-state index in [9.17, 15) is 9.18 Å². The van der Waals surface area contributed by atoms with E-state index in [1.807, 2.05) is 0 Å². The fourth-order valence-corrected chi connectivity index (χ4v) is 2.61. The van der Waals surface area contributed by atoms with Crippen molar-refractivity contribution in [3.05, 3.63) is 34.1 Å². The predicted molar refractivity (Wildman–Crippen MR) is 69.3 cm³/mol. The number of benzene rings is 1. The molecule has 0 spiro atoms. The molecule has 2 rings (SSSR count). The van der Waals surface area contributed by atoms with E-state index < -0.39 is 5.82 Å². The van der Waals surface area contributed by atoms with E-state index in [0.717, 1.165) is 12.8 Å². The highest BCUT2D eigenvalue weighted by molar-refractivity contribution is 6.33. The van der Waals surface area contributed by atoms with Gasteiger partial charge in [0.15, 0.2) is 0 Å². The van der Waals surface area contributed by atoms with Gasteiger partial charge in [-0.25, -0.2) is 4.39 Å². The summed E-state index contributed by atoms with van der Waals surface area (Å²) in [5, 5.41) is 0.293. The molecule has 98 valence electrons. The van der Waals surface area contributed by atoms with Gasteiger partial charge in [-0.05, 0) is 37.5 Å². The van der Waals surface area contributed by atoms with Crippen molar-refractivity contribution in [1.82, 2.24) is 4.90 Å². The van der Waals surface area contributed by atoms with Gasteiger partial charge < -0.3 is 10.6 Å². The third-order valence-electron chi connectivity index (χ3n) is 3.39. The van der Waals surface area contributed by atoms with Crippen molar-refractivity contribution >= 4 is 17.5 Å². The standard InChI is InChI=1S/C13H16ClFN2O/c1-8-5-11(14)10(6-12(8)15)13(18)17-4-2-3-9(17)7-16/h5-6,9H,2-4,7,16H2,1H3. The van der Waals surface area contributed by atoms with E-state index in [1.54, 1.807) is 11.8 Å². The first-order chi connectivity index (χ1) is 8.54. The number of rotatable bonds is 2. The van der Waals surface area contributed by atoms with Crippen LogP contribution in [0.2, 0.25) is 5.02 Å². The highest BCUT2D eigenvalue weighted by Gasteiger charge is 2.29. The van der Waals surface area contributed by atoms with Gasteiger partial charge in [-0.1, -0.05) is 11.6 Å². The second-order valence-corrected chi connectivity index (χ2v) is 5.02. The van der Waals surface area contributed by atoms with E-state index in [4.69, 9.17) is 17.3 Å². The Morgan fingerprint density at radius 2 is 2.33 bits per heavy atom. The minimum absolute atomic E-state index is 0.0398. The van der Waals surface area contributed by atoms with E-state index in [0.29, 0.717) is 23.7 Å². The van der Waals surface area contributed by atoms with E-state index in [2.05, 4.69) is 0 Å². The SMILES string of the molecule is Cc1cc(Cl)c(C(=O)N2CCCC2CN)cc1F. The fourth-order valence-electron chi connectivity index (χ4n) is 2.31. The molecule has 1 saturated heterocycles. The first kappa shape index (κ1) is 13.3. The molecule has 1 aliphatic rings. The molecular formula is C13H16ClFN2O. The normalized spacial score (nSPS) is 19.3. The largest absolute Gasteiger partial charge is 0.334 e. The number of nitrogens with zero attached hydrogens (tertiary/aromatic N) is 1. The molecule has 5 heteroatoms. The van der Waals surface area contributed by atoms with Gasteiger partial charge in [-0.3, -0.25) is 4.79 Å². The van der Waals surface area contributed by atoms with Crippen LogP contribution < -0.4 is 5.73 Å². The van der Waals surface area contributed by atoms with Crippen molar-refractivity contribution in [1.29, 1.82) is 0 Å². The first-order valence-electron chi connectivity index (χ1n) is 6.01. The number of carbonyl (C=O) groups is 1. The molecule has 1 fully saturated rings. The van der Waals surface area contributed by atoms with Crippen LogP contribution in [0.1, 0.15) is 28.8 Å². The molecular weight excluding hydrogens is 255 g/mol. The van der Waals surface area contributed by atoms with Gasteiger partial charge in [0, 0.05) is 19.1 Å². The maximum absolute atomic E-state index is 13.5. The minimum atomic E-state index is -0.411. The highest BCUT2D eigenvalue weighted by atomic mass is 35.5. The van der Waals surface area contributed by atoms with Gasteiger partial charge in [0.25, 0.3) is 5.91 Å². The maximum atomic E-state index is 13.5. The second-order valence-electron chi connectivity index (χ2n) is 4.61. The Bertz CT molecular complexity index is 478. The molecule has 0 radical (unpaired) electrons. The van der Waals surface area contributed by atoms with E-state index >= 15 is 0 Å². The van der Waals surface area contributed by atoms with Crippen LogP contribution in [0.25, 0.3) is 0 Å². The van der Waals surface area contributed by atoms with Crippen LogP contribution in [-0.4, -0.2) is 29.9 Å². The Labute approximate surface area is 111 Å². The Hall–Kier alpha value is -1.13. The lowest BCUT2D eigenvalue weighted by Gasteiger charge is -2.24. The van der Waals surface area contributed by atoms with Crippen molar-refractivity contribution in [2.45, 2.75) is 25.8 Å². The molecule has 1 aromatic carbocycles. The summed E-state index contributed by atoms with van der Waals surface area (Å²) in [7, 11) is 0. The molecule has 0 saturated carbocycles. The number of amides is 1. The molecule has 1 atom stereocenters. The average molecular weight is 271 g/mol. The number of halogens is 2. The summed E-state index contributed by atoms with van der Waals surface area (Å²) in [6.07, 6.45) is 1.83. The summed E-state index contributed by atoms with van der Waals surface area (Å²) in [6.45, 7) is 2.71. The Morgan fingerprint density at radius 3 is 3.00 bits per heavy atom. The summed E-state index contributed by atoms with van der Waals surface area (Å²) < 4.78 is 13.5. The van der Waals surface area contributed by atoms with Crippen molar-refractivity contribution in [3.63, 3.8) is 0 Å². The van der Waals surface area contributed by atoms with Crippen molar-refractivity contribution < 1.29 is 9.18 Å². The number of hydrogen-bond donors (Lipinski definition) is 1. The smallest absolute Gasteiger partial charge is 0.255 e. The Balaban J connectivity index is 2.31. The summed E-state index contributed by atoms with van der Waals surface area (Å²) >= 11 is 6.02. The van der Waals surface area contributed by atoms with Crippen LogP contribution in [0.15, 0.2) is 12.1 Å². The average Bonchev–Trinajstić information content (AvgIpc) is 2.81. The number of carbonyl (C=O) groups excluding carboxylic acids is 1. The first-order valence-corrected chi connectivity index (χ1v) is 6.39. The van der Waals surface area contributed by atoms with E-state index in [-0.39, 0.29) is 17.5 Å². The summed E-state index contributed by atoms with van der Waals surface area (Å²) in [5.41, 5.74) is 6.29. The van der Waals surface area contributed by atoms with Crippen LogP contribution in [0.5, 0.6) is 0 Å². The predicted octanol–water partition coefficient (Wildman–Crippen LogP) is 2.35. The quantitative estimate of drug-likeness (QED) is 0.897. The lowest BCUT2D eigenvalue weighted by molar-refractivity contribution is 0.0741. The molecule has 18 heavy (non-hydrogen) atoms. The molecule has 0 aromatic heterocycles. The summed E-state index contributed by atoms with van der Waals surface area (Å²) in [4.78, 5) is 14.0. The molecule has 0 aliphatic carbocycles.